The lowest BCUT2D eigenvalue weighted by Crippen LogP contribution is -2.26. The second-order valence-electron chi connectivity index (χ2n) is 8.21. The van der Waals surface area contributed by atoms with E-state index >= 15 is 0 Å². The molecule has 3 heterocycles. The number of ether oxygens (including phenoxy) is 1. The highest BCUT2D eigenvalue weighted by atomic mass is 35.5. The van der Waals surface area contributed by atoms with Crippen LogP contribution in [0.15, 0.2) is 77.5 Å². The first kappa shape index (κ1) is 27.1. The van der Waals surface area contributed by atoms with Crippen LogP contribution in [0.2, 0.25) is 10.0 Å². The summed E-state index contributed by atoms with van der Waals surface area (Å²) < 4.78 is 7.56. The molecule has 0 radical (unpaired) electrons. The molecule has 1 amide bonds. The van der Waals surface area contributed by atoms with E-state index < -0.39 is 0 Å². The maximum atomic E-state index is 12.7. The van der Waals surface area contributed by atoms with Crippen LogP contribution in [-0.2, 0) is 12.2 Å². The van der Waals surface area contributed by atoms with Crippen molar-refractivity contribution in [2.24, 2.45) is 0 Å². The minimum Gasteiger partial charge on any atom is -0.495 e. The molecule has 12 heteroatoms. The molecule has 0 aliphatic heterocycles. The smallest absolute Gasteiger partial charge is 0.270 e. The zero-order chi connectivity index (χ0) is 27.2. The molecule has 0 bridgehead atoms. The number of nitrogens with zero attached hydrogens (tertiary/aromatic N) is 5. The van der Waals surface area contributed by atoms with E-state index in [1.165, 1.54) is 23.1 Å². The second kappa shape index (κ2) is 12.6. The molecular formula is C27H22Cl2N6O2S2. The average molecular weight is 598 g/mol. The Hall–Kier alpha value is -3.44. The van der Waals surface area contributed by atoms with Crippen molar-refractivity contribution < 1.29 is 9.53 Å². The molecule has 0 saturated heterocycles. The van der Waals surface area contributed by atoms with Gasteiger partial charge in [0.25, 0.3) is 5.91 Å². The Morgan fingerprint density at radius 1 is 1.13 bits per heavy atom. The van der Waals surface area contributed by atoms with Crippen molar-refractivity contribution in [3.63, 3.8) is 0 Å². The zero-order valence-electron chi connectivity index (χ0n) is 20.7. The molecule has 3 aromatic heterocycles. The van der Waals surface area contributed by atoms with E-state index in [0.29, 0.717) is 51.2 Å². The Morgan fingerprint density at radius 2 is 2.00 bits per heavy atom. The number of aromatic nitrogens is 5. The molecule has 0 fully saturated rings. The van der Waals surface area contributed by atoms with Crippen molar-refractivity contribution in [3.05, 3.63) is 98.7 Å². The topological polar surface area (TPSA) is 94.8 Å². The molecule has 5 aromatic rings. The van der Waals surface area contributed by atoms with Gasteiger partial charge in [-0.15, -0.1) is 21.5 Å². The van der Waals surface area contributed by atoms with Crippen LogP contribution in [0.5, 0.6) is 5.75 Å². The largest absolute Gasteiger partial charge is 0.495 e. The molecule has 0 spiro atoms. The van der Waals surface area contributed by atoms with Gasteiger partial charge in [-0.05, 0) is 48.4 Å². The van der Waals surface area contributed by atoms with Crippen molar-refractivity contribution in [2.75, 3.05) is 13.7 Å². The van der Waals surface area contributed by atoms with Crippen LogP contribution in [0.25, 0.3) is 17.1 Å². The van der Waals surface area contributed by atoms with Gasteiger partial charge in [0, 0.05) is 39.9 Å². The summed E-state index contributed by atoms with van der Waals surface area (Å²) >= 11 is 15.1. The van der Waals surface area contributed by atoms with Gasteiger partial charge < -0.3 is 10.1 Å². The third-order valence-electron chi connectivity index (χ3n) is 5.68. The first-order valence-corrected chi connectivity index (χ1v) is 14.4. The van der Waals surface area contributed by atoms with Crippen molar-refractivity contribution in [1.82, 2.24) is 30.0 Å². The number of nitrogens with one attached hydrogen (secondary N) is 1. The summed E-state index contributed by atoms with van der Waals surface area (Å²) in [5.41, 5.74) is 2.93. The Labute approximate surface area is 243 Å². The number of carbonyl (C=O) groups is 1. The Balaban J connectivity index is 1.28. The summed E-state index contributed by atoms with van der Waals surface area (Å²) in [6.07, 6.45) is 4.05. The van der Waals surface area contributed by atoms with Gasteiger partial charge in [0.1, 0.15) is 16.5 Å². The van der Waals surface area contributed by atoms with E-state index in [4.69, 9.17) is 27.9 Å². The highest BCUT2D eigenvalue weighted by molar-refractivity contribution is 7.98. The number of carbonyl (C=O) groups excluding carboxylic acids is 1. The van der Waals surface area contributed by atoms with Gasteiger partial charge >= 0.3 is 0 Å². The van der Waals surface area contributed by atoms with Crippen LogP contribution in [0, 0.1) is 0 Å². The molecule has 198 valence electrons. The number of pyridine rings is 1. The predicted octanol–water partition coefficient (Wildman–Crippen LogP) is 6.37. The monoisotopic (exact) mass is 596 g/mol. The number of methoxy groups -OCH3 is 1. The fraction of sp³-hybridized carbons (Fsp3) is 0.148. The predicted molar refractivity (Wildman–Crippen MR) is 155 cm³/mol. The number of thiazole rings is 1. The van der Waals surface area contributed by atoms with E-state index in [9.17, 15) is 4.79 Å². The van der Waals surface area contributed by atoms with Gasteiger partial charge in [-0.25, -0.2) is 4.98 Å². The van der Waals surface area contributed by atoms with Crippen molar-refractivity contribution in [2.45, 2.75) is 17.3 Å². The third-order valence-corrected chi connectivity index (χ3v) is 8.24. The lowest BCUT2D eigenvalue weighted by atomic mass is 10.1. The van der Waals surface area contributed by atoms with Gasteiger partial charge in [0.15, 0.2) is 11.0 Å². The average Bonchev–Trinajstić information content (AvgIpc) is 3.61. The lowest BCUT2D eigenvalue weighted by Gasteiger charge is -2.13. The van der Waals surface area contributed by atoms with E-state index in [1.54, 1.807) is 37.0 Å². The van der Waals surface area contributed by atoms with E-state index in [-0.39, 0.29) is 5.91 Å². The number of rotatable bonds is 10. The summed E-state index contributed by atoms with van der Waals surface area (Å²) in [5.74, 6) is 1.62. The van der Waals surface area contributed by atoms with Crippen LogP contribution in [0.1, 0.15) is 21.1 Å². The molecule has 0 atom stereocenters. The molecule has 8 nitrogen and oxygen atoms in total. The first-order valence-electron chi connectivity index (χ1n) is 11.8. The summed E-state index contributed by atoms with van der Waals surface area (Å²) in [6, 6.07) is 16.8. The van der Waals surface area contributed by atoms with Crippen molar-refractivity contribution >= 4 is 52.2 Å². The maximum Gasteiger partial charge on any atom is 0.270 e. The summed E-state index contributed by atoms with van der Waals surface area (Å²) in [6.45, 7) is 0.431. The van der Waals surface area contributed by atoms with Gasteiger partial charge in [-0.2, -0.15) is 0 Å². The maximum absolute atomic E-state index is 12.7. The molecule has 0 saturated carbocycles. The number of hydrogen-bond donors (Lipinski definition) is 1. The van der Waals surface area contributed by atoms with Crippen molar-refractivity contribution in [1.29, 1.82) is 0 Å². The lowest BCUT2D eigenvalue weighted by molar-refractivity contribution is 0.0949. The fourth-order valence-electron chi connectivity index (χ4n) is 3.81. The van der Waals surface area contributed by atoms with Crippen LogP contribution in [-0.4, -0.2) is 44.3 Å². The molecule has 0 aliphatic carbocycles. The molecular weight excluding hydrogens is 575 g/mol. The SMILES string of the molecule is COc1ccccc1-n1c(SCc2nc(C(=O)NCCc3ccc(Cl)cc3Cl)cs2)nnc1-c1cccnc1. The number of amides is 1. The normalized spacial score (nSPS) is 10.9. The summed E-state index contributed by atoms with van der Waals surface area (Å²) in [5, 5.41) is 16.2. The van der Waals surface area contributed by atoms with Gasteiger partial charge in [0.2, 0.25) is 0 Å². The molecule has 39 heavy (non-hydrogen) atoms. The Morgan fingerprint density at radius 3 is 2.79 bits per heavy atom. The number of benzene rings is 2. The summed E-state index contributed by atoms with van der Waals surface area (Å²) in [4.78, 5) is 21.4. The van der Waals surface area contributed by atoms with Crippen LogP contribution < -0.4 is 10.1 Å². The zero-order valence-corrected chi connectivity index (χ0v) is 23.8. The minimum atomic E-state index is -0.233. The van der Waals surface area contributed by atoms with Crippen LogP contribution in [0.3, 0.4) is 0 Å². The van der Waals surface area contributed by atoms with Crippen molar-refractivity contribution in [3.8, 4) is 22.8 Å². The first-order chi connectivity index (χ1) is 19.0. The molecule has 5 rings (SSSR count). The van der Waals surface area contributed by atoms with E-state index in [0.717, 1.165) is 21.8 Å². The van der Waals surface area contributed by atoms with Crippen LogP contribution >= 0.6 is 46.3 Å². The summed E-state index contributed by atoms with van der Waals surface area (Å²) in [7, 11) is 1.63. The molecule has 0 unspecified atom stereocenters. The van der Waals surface area contributed by atoms with E-state index in [1.807, 2.05) is 47.0 Å². The standard InChI is InChI=1S/C27H22Cl2N6O2S2/c1-37-23-7-3-2-6-22(23)35-25(18-5-4-11-30-14-18)33-34-27(35)39-16-24-32-21(15-38-24)26(36)31-12-10-17-8-9-19(28)13-20(17)29/h2-9,11,13-15H,10,12,16H2,1H3,(H,31,36). The highest BCUT2D eigenvalue weighted by Crippen LogP contribution is 2.33. The van der Waals surface area contributed by atoms with Gasteiger partial charge in [-0.3, -0.25) is 14.3 Å². The quantitative estimate of drug-likeness (QED) is 0.187. The van der Waals surface area contributed by atoms with Gasteiger partial charge in [0.05, 0.1) is 18.6 Å². The molecule has 0 aliphatic rings. The number of halogens is 2. The Kier molecular flexibility index (Phi) is 8.77. The van der Waals surface area contributed by atoms with Gasteiger partial charge in [-0.1, -0.05) is 53.2 Å². The van der Waals surface area contributed by atoms with E-state index in [2.05, 4.69) is 25.5 Å². The molecule has 2 aromatic carbocycles. The number of thioether (sulfide) groups is 1. The highest BCUT2D eigenvalue weighted by Gasteiger charge is 2.20. The fourth-order valence-corrected chi connectivity index (χ4v) is 6.05. The minimum absolute atomic E-state index is 0.233. The second-order valence-corrected chi connectivity index (χ2v) is 10.9. The Bertz CT molecular complexity index is 1590. The molecule has 1 N–H and O–H groups in total. The third kappa shape index (κ3) is 6.42. The number of para-hydroxylation sites is 2. The van der Waals surface area contributed by atoms with Crippen LogP contribution in [0.4, 0.5) is 0 Å². The number of hydrogen-bond acceptors (Lipinski definition) is 8.